The molecule has 1 amide bonds. The second-order valence-corrected chi connectivity index (χ2v) is 3.64. The Kier molecular flexibility index (Phi) is 1.74. The molecular weight excluding hydrogens is 202 g/mol. The molecule has 3 nitrogen and oxygen atoms in total. The molecule has 0 atom stereocenters. The molecule has 0 radical (unpaired) electrons. The van der Waals surface area contributed by atoms with E-state index < -0.39 is 0 Å². The van der Waals surface area contributed by atoms with Crippen molar-refractivity contribution in [2.75, 3.05) is 0 Å². The summed E-state index contributed by atoms with van der Waals surface area (Å²) in [6.45, 7) is 0. The average Bonchev–Trinajstić information content (AvgIpc) is 2.31. The predicted molar refractivity (Wildman–Crippen MR) is 60.3 cm³/mol. The van der Waals surface area contributed by atoms with Crippen molar-refractivity contribution in [2.45, 2.75) is 0 Å². The molecule has 1 aromatic rings. The predicted octanol–water partition coefficient (Wildman–Crippen LogP) is 1.80. The van der Waals surface area contributed by atoms with Crippen LogP contribution in [0.25, 0.3) is 6.08 Å². The van der Waals surface area contributed by atoms with Gasteiger partial charge in [0.05, 0.1) is 5.57 Å². The van der Waals surface area contributed by atoms with Gasteiger partial charge in [0, 0.05) is 17.4 Å². The largest absolute Gasteiger partial charge is 0.289 e. The quantitative estimate of drug-likeness (QED) is 0.654. The second kappa shape index (κ2) is 3.10. The summed E-state index contributed by atoms with van der Waals surface area (Å²) in [4.78, 5) is 27.3. The van der Waals surface area contributed by atoms with Gasteiger partial charge in [0.1, 0.15) is 0 Å². The number of carbonyl (C=O) groups excluding carboxylic acids is 2. The minimum absolute atomic E-state index is 0.104. The maximum atomic E-state index is 12.1. The van der Waals surface area contributed by atoms with E-state index >= 15 is 0 Å². The first-order valence-electron chi connectivity index (χ1n) is 4.92. The highest BCUT2D eigenvalue weighted by Crippen LogP contribution is 2.29. The van der Waals surface area contributed by atoms with E-state index in [-0.39, 0.29) is 11.7 Å². The molecule has 0 unspecified atom stereocenters. The van der Waals surface area contributed by atoms with Gasteiger partial charge in [-0.05, 0) is 17.7 Å². The molecule has 0 fully saturated rings. The second-order valence-electron chi connectivity index (χ2n) is 3.64. The van der Waals surface area contributed by atoms with Crippen molar-refractivity contribution >= 4 is 24.0 Å². The Morgan fingerprint density at radius 3 is 2.69 bits per heavy atom. The first-order chi connectivity index (χ1) is 7.77. The van der Waals surface area contributed by atoms with Crippen LogP contribution in [0.15, 0.2) is 46.5 Å². The summed E-state index contributed by atoms with van der Waals surface area (Å²) in [5, 5.41) is 0. The molecule has 1 aliphatic heterocycles. The summed E-state index contributed by atoms with van der Waals surface area (Å²) in [5.74, 6) is -0.451. The third-order valence-electron chi connectivity index (χ3n) is 2.70. The molecular formula is C13H7NO2. The highest BCUT2D eigenvalue weighted by molar-refractivity contribution is 6.27. The molecule has 1 aliphatic carbocycles. The van der Waals surface area contributed by atoms with E-state index in [2.05, 4.69) is 4.99 Å². The lowest BCUT2D eigenvalue weighted by Crippen LogP contribution is -2.19. The molecule has 0 bridgehead atoms. The molecule has 0 N–H and O–H groups in total. The first kappa shape index (κ1) is 8.97. The van der Waals surface area contributed by atoms with Crippen molar-refractivity contribution < 1.29 is 9.59 Å². The molecule has 0 saturated carbocycles. The van der Waals surface area contributed by atoms with Gasteiger partial charge in [0.15, 0.2) is 5.78 Å². The van der Waals surface area contributed by atoms with E-state index in [4.69, 9.17) is 0 Å². The monoisotopic (exact) mass is 209 g/mol. The van der Waals surface area contributed by atoms with E-state index in [1.807, 2.05) is 18.2 Å². The van der Waals surface area contributed by atoms with Crippen LogP contribution in [0.2, 0.25) is 0 Å². The summed E-state index contributed by atoms with van der Waals surface area (Å²) >= 11 is 0. The standard InChI is InChI=1S/C13H7NO2/c15-12-9-4-2-1-3-8(9)7-11-10(12)5-6-14-13(11)16/h1-7H. The van der Waals surface area contributed by atoms with Crippen LogP contribution in [-0.2, 0) is 4.79 Å². The van der Waals surface area contributed by atoms with Gasteiger partial charge < -0.3 is 0 Å². The molecule has 76 valence electrons. The van der Waals surface area contributed by atoms with Crippen molar-refractivity contribution in [3.05, 3.63) is 52.6 Å². The molecule has 1 heterocycles. The lowest BCUT2D eigenvalue weighted by atomic mass is 9.85. The number of rotatable bonds is 0. The number of carbonyl (C=O) groups is 2. The number of dihydropyridines is 1. The van der Waals surface area contributed by atoms with Crippen molar-refractivity contribution in [3.63, 3.8) is 0 Å². The van der Waals surface area contributed by atoms with Gasteiger partial charge in [-0.1, -0.05) is 24.3 Å². The third kappa shape index (κ3) is 1.11. The maximum absolute atomic E-state index is 12.1. The van der Waals surface area contributed by atoms with Crippen LogP contribution < -0.4 is 0 Å². The number of ketones is 1. The van der Waals surface area contributed by atoms with Gasteiger partial charge in [0.25, 0.3) is 5.91 Å². The number of hydrogen-bond donors (Lipinski definition) is 0. The number of Topliss-reactive ketones (excluding diaryl/α,β-unsaturated/α-hetero) is 1. The molecule has 0 aromatic heterocycles. The van der Waals surface area contributed by atoms with E-state index in [0.29, 0.717) is 16.7 Å². The van der Waals surface area contributed by atoms with Crippen LogP contribution in [0, 0.1) is 0 Å². The van der Waals surface area contributed by atoms with E-state index in [1.165, 1.54) is 6.21 Å². The Morgan fingerprint density at radius 1 is 1.00 bits per heavy atom. The fourth-order valence-corrected chi connectivity index (χ4v) is 1.92. The molecule has 3 rings (SSSR count). The van der Waals surface area contributed by atoms with Gasteiger partial charge in [-0.2, -0.15) is 0 Å². The van der Waals surface area contributed by atoms with Crippen LogP contribution in [-0.4, -0.2) is 17.9 Å². The van der Waals surface area contributed by atoms with Crippen molar-refractivity contribution in [1.82, 2.24) is 0 Å². The Hall–Kier alpha value is -2.29. The summed E-state index contributed by atoms with van der Waals surface area (Å²) in [6, 6.07) is 7.24. The minimum atomic E-state index is -0.347. The fraction of sp³-hybridized carbons (Fsp3) is 0. The molecule has 1 aromatic carbocycles. The Labute approximate surface area is 91.8 Å². The molecule has 0 saturated heterocycles. The van der Waals surface area contributed by atoms with Gasteiger partial charge in [-0.15, -0.1) is 0 Å². The van der Waals surface area contributed by atoms with Crippen molar-refractivity contribution in [1.29, 1.82) is 0 Å². The highest BCUT2D eigenvalue weighted by atomic mass is 16.1. The molecule has 3 heteroatoms. The van der Waals surface area contributed by atoms with Gasteiger partial charge in [0.2, 0.25) is 0 Å². The lowest BCUT2D eigenvalue weighted by molar-refractivity contribution is -0.114. The minimum Gasteiger partial charge on any atom is -0.289 e. The van der Waals surface area contributed by atoms with Crippen LogP contribution in [0.5, 0.6) is 0 Å². The van der Waals surface area contributed by atoms with Gasteiger partial charge >= 0.3 is 0 Å². The number of fused-ring (bicyclic) bond motifs is 2. The Morgan fingerprint density at radius 2 is 1.81 bits per heavy atom. The van der Waals surface area contributed by atoms with E-state index in [0.717, 1.165) is 5.56 Å². The zero-order valence-electron chi connectivity index (χ0n) is 8.31. The number of allylic oxidation sites excluding steroid dienone is 1. The lowest BCUT2D eigenvalue weighted by Gasteiger charge is -2.17. The number of aliphatic imine (C=N–C) groups is 1. The average molecular weight is 209 g/mol. The van der Waals surface area contributed by atoms with Crippen LogP contribution in [0.3, 0.4) is 0 Å². The topological polar surface area (TPSA) is 46.5 Å². The Balaban J connectivity index is 2.30. The van der Waals surface area contributed by atoms with E-state index in [9.17, 15) is 9.59 Å². The zero-order valence-corrected chi connectivity index (χ0v) is 8.31. The Bertz CT molecular complexity index is 606. The number of nitrogens with zero attached hydrogens (tertiary/aromatic N) is 1. The fourth-order valence-electron chi connectivity index (χ4n) is 1.92. The number of benzene rings is 1. The van der Waals surface area contributed by atoms with E-state index in [1.54, 1.807) is 18.2 Å². The highest BCUT2D eigenvalue weighted by Gasteiger charge is 2.28. The molecule has 0 spiro atoms. The third-order valence-corrected chi connectivity index (χ3v) is 2.70. The smallest absolute Gasteiger partial charge is 0.277 e. The van der Waals surface area contributed by atoms with Crippen LogP contribution in [0.4, 0.5) is 0 Å². The van der Waals surface area contributed by atoms with Crippen LogP contribution in [0.1, 0.15) is 15.9 Å². The van der Waals surface area contributed by atoms with Gasteiger partial charge in [-0.25, -0.2) is 4.99 Å². The van der Waals surface area contributed by atoms with Gasteiger partial charge in [-0.3, -0.25) is 9.59 Å². The van der Waals surface area contributed by atoms with Crippen LogP contribution >= 0.6 is 0 Å². The number of amides is 1. The first-order valence-corrected chi connectivity index (χ1v) is 4.92. The zero-order chi connectivity index (χ0) is 11.1. The molecule has 16 heavy (non-hydrogen) atoms. The van der Waals surface area contributed by atoms with Crippen molar-refractivity contribution in [3.8, 4) is 0 Å². The summed E-state index contributed by atoms with van der Waals surface area (Å²) in [6.07, 6.45) is 4.69. The summed E-state index contributed by atoms with van der Waals surface area (Å²) in [5.41, 5.74) is 2.26. The number of hydrogen-bond acceptors (Lipinski definition) is 2. The summed E-state index contributed by atoms with van der Waals surface area (Å²) in [7, 11) is 0. The maximum Gasteiger partial charge on any atom is 0.277 e. The normalized spacial score (nSPS) is 17.5. The SMILES string of the molecule is O=C1N=CC=C2C(=O)c3ccccc3C=C12. The summed E-state index contributed by atoms with van der Waals surface area (Å²) < 4.78 is 0. The van der Waals surface area contributed by atoms with Crippen molar-refractivity contribution in [2.24, 2.45) is 4.99 Å². The molecule has 2 aliphatic rings.